The van der Waals surface area contributed by atoms with Gasteiger partial charge in [0.15, 0.2) is 0 Å². The number of hydrogen-bond donors (Lipinski definition) is 1. The van der Waals surface area contributed by atoms with E-state index in [-0.39, 0.29) is 17.3 Å². The molecule has 1 heterocycles. The smallest absolute Gasteiger partial charge is 0.245 e. The van der Waals surface area contributed by atoms with Crippen LogP contribution in [-0.4, -0.2) is 53.4 Å². The summed E-state index contributed by atoms with van der Waals surface area (Å²) in [5.41, 5.74) is 1.91. The molecule has 0 aromatic heterocycles. The minimum absolute atomic E-state index is 0.260. The molecule has 0 bridgehead atoms. The Kier molecular flexibility index (Phi) is 6.43. The molecule has 0 aliphatic carbocycles. The fourth-order valence-electron chi connectivity index (χ4n) is 2.94. The molecule has 1 aliphatic heterocycles. The highest BCUT2D eigenvalue weighted by Gasteiger charge is 2.23. The van der Waals surface area contributed by atoms with E-state index in [0.29, 0.717) is 18.9 Å². The van der Waals surface area contributed by atoms with Crippen molar-refractivity contribution in [1.29, 1.82) is 0 Å². The summed E-state index contributed by atoms with van der Waals surface area (Å²) in [6.45, 7) is 2.68. The summed E-state index contributed by atoms with van der Waals surface area (Å²) in [4.78, 5) is 14.7. The van der Waals surface area contributed by atoms with Crippen LogP contribution in [0, 0.1) is 0 Å². The lowest BCUT2D eigenvalue weighted by atomic mass is 10.2. The molecule has 1 N–H and O–H groups in total. The van der Waals surface area contributed by atoms with Crippen molar-refractivity contribution >= 4 is 44.6 Å². The molecule has 0 unspecified atom stereocenters. The minimum Gasteiger partial charge on any atom is -0.378 e. The number of halogens is 1. The zero-order chi connectivity index (χ0) is 20.1. The Morgan fingerprint density at radius 3 is 2.39 bits per heavy atom. The number of morpholine rings is 1. The van der Waals surface area contributed by atoms with Crippen molar-refractivity contribution in [3.63, 3.8) is 0 Å². The molecule has 1 amide bonds. The molecule has 7 nitrogen and oxygen atoms in total. The number of nitrogens with zero attached hydrogens (tertiary/aromatic N) is 2. The van der Waals surface area contributed by atoms with Gasteiger partial charge in [-0.15, -0.1) is 0 Å². The maximum Gasteiger partial charge on any atom is 0.245 e. The van der Waals surface area contributed by atoms with Gasteiger partial charge in [-0.3, -0.25) is 9.10 Å². The number of carbonyl (C=O) groups excluding carboxylic acids is 1. The monoisotopic (exact) mass is 423 g/mol. The summed E-state index contributed by atoms with van der Waals surface area (Å²) in [7, 11) is -3.68. The van der Waals surface area contributed by atoms with Gasteiger partial charge in [0.2, 0.25) is 15.9 Å². The molecule has 1 fully saturated rings. The van der Waals surface area contributed by atoms with E-state index in [1.54, 1.807) is 36.4 Å². The highest BCUT2D eigenvalue weighted by atomic mass is 35.5. The van der Waals surface area contributed by atoms with Gasteiger partial charge in [-0.25, -0.2) is 8.42 Å². The number of hydrogen-bond acceptors (Lipinski definition) is 5. The van der Waals surface area contributed by atoms with Gasteiger partial charge in [-0.2, -0.15) is 0 Å². The van der Waals surface area contributed by atoms with Crippen LogP contribution in [0.3, 0.4) is 0 Å². The van der Waals surface area contributed by atoms with Crippen LogP contribution in [0.2, 0.25) is 5.02 Å². The van der Waals surface area contributed by atoms with Crippen molar-refractivity contribution in [3.05, 3.63) is 53.6 Å². The number of carbonyl (C=O) groups is 1. The van der Waals surface area contributed by atoms with Crippen LogP contribution in [0.1, 0.15) is 0 Å². The number of sulfonamides is 1. The van der Waals surface area contributed by atoms with Crippen LogP contribution in [0.4, 0.5) is 17.1 Å². The average Bonchev–Trinajstić information content (AvgIpc) is 2.67. The van der Waals surface area contributed by atoms with Gasteiger partial charge in [-0.1, -0.05) is 23.7 Å². The summed E-state index contributed by atoms with van der Waals surface area (Å²) >= 11 is 6.11. The van der Waals surface area contributed by atoms with E-state index >= 15 is 0 Å². The molecule has 2 aromatic rings. The Labute approximate surface area is 169 Å². The Bertz CT molecular complexity index is 928. The Hall–Kier alpha value is -2.29. The second kappa shape index (κ2) is 8.81. The van der Waals surface area contributed by atoms with Gasteiger partial charge >= 0.3 is 0 Å². The SMILES string of the molecule is CS(=O)(=O)N(CC(=O)Nc1ccc(N2CCOCC2)cc1)c1ccccc1Cl. The number of amides is 1. The third-order valence-electron chi connectivity index (χ3n) is 4.34. The maximum absolute atomic E-state index is 12.5. The predicted molar refractivity (Wildman–Crippen MR) is 112 cm³/mol. The van der Waals surface area contributed by atoms with Gasteiger partial charge in [0.25, 0.3) is 0 Å². The van der Waals surface area contributed by atoms with Crippen molar-refractivity contribution in [3.8, 4) is 0 Å². The zero-order valence-electron chi connectivity index (χ0n) is 15.5. The van der Waals surface area contributed by atoms with Crippen LogP contribution >= 0.6 is 11.6 Å². The molecule has 1 aliphatic rings. The second-order valence-corrected chi connectivity index (χ2v) is 8.73. The first-order valence-electron chi connectivity index (χ1n) is 8.79. The van der Waals surface area contributed by atoms with Crippen LogP contribution in [0.5, 0.6) is 0 Å². The quantitative estimate of drug-likeness (QED) is 0.772. The van der Waals surface area contributed by atoms with E-state index in [2.05, 4.69) is 10.2 Å². The Morgan fingerprint density at radius 1 is 1.14 bits per heavy atom. The van der Waals surface area contributed by atoms with E-state index in [0.717, 1.165) is 29.3 Å². The zero-order valence-corrected chi connectivity index (χ0v) is 17.0. The van der Waals surface area contributed by atoms with Crippen molar-refractivity contribution in [1.82, 2.24) is 0 Å². The van der Waals surface area contributed by atoms with Crippen LogP contribution in [-0.2, 0) is 19.6 Å². The highest BCUT2D eigenvalue weighted by molar-refractivity contribution is 7.92. The number of anilines is 3. The van der Waals surface area contributed by atoms with E-state index in [1.165, 1.54) is 0 Å². The topological polar surface area (TPSA) is 79.0 Å². The summed E-state index contributed by atoms with van der Waals surface area (Å²) in [6.07, 6.45) is 1.04. The highest BCUT2D eigenvalue weighted by Crippen LogP contribution is 2.27. The molecule has 0 saturated carbocycles. The van der Waals surface area contributed by atoms with E-state index < -0.39 is 15.9 Å². The summed E-state index contributed by atoms with van der Waals surface area (Å²) in [5, 5.41) is 2.99. The van der Waals surface area contributed by atoms with Gasteiger partial charge < -0.3 is 15.0 Å². The molecule has 0 atom stereocenters. The second-order valence-electron chi connectivity index (χ2n) is 6.42. The fraction of sp³-hybridized carbons (Fsp3) is 0.316. The summed E-state index contributed by atoms with van der Waals surface area (Å²) in [5.74, 6) is -0.454. The van der Waals surface area contributed by atoms with Crippen molar-refractivity contribution in [2.75, 3.05) is 53.6 Å². The molecular weight excluding hydrogens is 402 g/mol. The lowest BCUT2D eigenvalue weighted by Gasteiger charge is -2.29. The Balaban J connectivity index is 1.68. The van der Waals surface area contributed by atoms with Crippen LogP contribution in [0.25, 0.3) is 0 Å². The van der Waals surface area contributed by atoms with Gasteiger partial charge in [0, 0.05) is 24.5 Å². The molecule has 9 heteroatoms. The fourth-order valence-corrected chi connectivity index (χ4v) is 4.10. The molecule has 150 valence electrons. The van der Waals surface area contributed by atoms with Gasteiger partial charge in [0.1, 0.15) is 6.54 Å². The van der Waals surface area contributed by atoms with Gasteiger partial charge in [0.05, 0.1) is 30.2 Å². The Morgan fingerprint density at radius 2 is 1.79 bits per heavy atom. The molecule has 3 rings (SSSR count). The molecule has 28 heavy (non-hydrogen) atoms. The lowest BCUT2D eigenvalue weighted by molar-refractivity contribution is -0.114. The first-order chi connectivity index (χ1) is 13.3. The van der Waals surface area contributed by atoms with E-state index in [9.17, 15) is 13.2 Å². The summed E-state index contributed by atoms with van der Waals surface area (Å²) in [6, 6.07) is 13.9. The molecule has 0 spiro atoms. The number of ether oxygens (including phenoxy) is 1. The van der Waals surface area contributed by atoms with Crippen molar-refractivity contribution < 1.29 is 17.9 Å². The van der Waals surface area contributed by atoms with E-state index in [4.69, 9.17) is 16.3 Å². The van der Waals surface area contributed by atoms with Crippen molar-refractivity contribution in [2.45, 2.75) is 0 Å². The number of benzene rings is 2. The molecule has 0 radical (unpaired) electrons. The third-order valence-corrected chi connectivity index (χ3v) is 5.78. The van der Waals surface area contributed by atoms with Crippen molar-refractivity contribution in [2.24, 2.45) is 0 Å². The maximum atomic E-state index is 12.5. The third kappa shape index (κ3) is 5.15. The predicted octanol–water partition coefficient (Wildman–Crippen LogP) is 2.58. The lowest BCUT2D eigenvalue weighted by Crippen LogP contribution is -2.37. The first kappa shape index (κ1) is 20.4. The largest absolute Gasteiger partial charge is 0.378 e. The van der Waals surface area contributed by atoms with Crippen LogP contribution in [0.15, 0.2) is 48.5 Å². The minimum atomic E-state index is -3.68. The van der Waals surface area contributed by atoms with E-state index in [1.807, 2.05) is 12.1 Å². The standard InChI is InChI=1S/C19H22ClN3O4S/c1-28(25,26)23(18-5-3-2-4-17(18)20)14-19(24)21-15-6-8-16(9-7-15)22-10-12-27-13-11-22/h2-9H,10-14H2,1H3,(H,21,24). The summed E-state index contributed by atoms with van der Waals surface area (Å²) < 4.78 is 30.7. The molecule has 2 aromatic carbocycles. The molecule has 1 saturated heterocycles. The first-order valence-corrected chi connectivity index (χ1v) is 11.0. The van der Waals surface area contributed by atoms with Crippen LogP contribution < -0.4 is 14.5 Å². The number of nitrogens with one attached hydrogen (secondary N) is 1. The molecular formula is C19H22ClN3O4S. The number of para-hydroxylation sites is 1. The van der Waals surface area contributed by atoms with Gasteiger partial charge in [-0.05, 0) is 36.4 Å². The average molecular weight is 424 g/mol. The number of rotatable bonds is 6. The normalized spacial score (nSPS) is 14.6.